The number of nitrogens with one attached hydrogen (secondary N) is 1. The van der Waals surface area contributed by atoms with Crippen molar-refractivity contribution in [1.82, 2.24) is 9.55 Å². The van der Waals surface area contributed by atoms with Gasteiger partial charge in [0.25, 0.3) is 11.5 Å². The lowest BCUT2D eigenvalue weighted by molar-refractivity contribution is -0.147. The molecule has 5 rings (SSSR count). The maximum atomic E-state index is 12.7. The molecule has 0 saturated heterocycles. The lowest BCUT2D eigenvalue weighted by Crippen LogP contribution is -2.28. The number of benzene rings is 3. The molecule has 2 heterocycles. The van der Waals surface area contributed by atoms with E-state index in [1.807, 2.05) is 60.7 Å². The van der Waals surface area contributed by atoms with Crippen LogP contribution in [0, 0.1) is 0 Å². The number of fused-ring (bicyclic) bond motifs is 3. The van der Waals surface area contributed by atoms with Gasteiger partial charge in [0, 0.05) is 11.1 Å². The average Bonchev–Trinajstić information content (AvgIpc) is 3.26. The lowest BCUT2D eigenvalue weighted by Gasteiger charge is -2.12. The zero-order valence-corrected chi connectivity index (χ0v) is 18.6. The van der Waals surface area contributed by atoms with E-state index in [0.717, 1.165) is 21.1 Å². The third-order valence-corrected chi connectivity index (χ3v) is 5.54. The highest BCUT2D eigenvalue weighted by molar-refractivity contribution is 6.01. The summed E-state index contributed by atoms with van der Waals surface area (Å²) < 4.78 is 11.8. The summed E-state index contributed by atoms with van der Waals surface area (Å²) >= 11 is 0. The number of rotatable bonds is 7. The third kappa shape index (κ3) is 4.81. The van der Waals surface area contributed by atoms with Gasteiger partial charge in [-0.05, 0) is 35.7 Å². The van der Waals surface area contributed by atoms with Crippen LogP contribution in [-0.2, 0) is 27.3 Å². The normalized spacial score (nSPS) is 11.0. The molecule has 0 aliphatic carbocycles. The number of nitrogens with zero attached hydrogens (tertiary/aromatic N) is 2. The first kappa shape index (κ1) is 22.1. The van der Waals surface area contributed by atoms with Gasteiger partial charge < -0.3 is 14.5 Å². The van der Waals surface area contributed by atoms with Crippen LogP contribution < -0.4 is 10.9 Å². The summed E-state index contributed by atoms with van der Waals surface area (Å²) in [6.07, 6.45) is 1.92. The van der Waals surface area contributed by atoms with Gasteiger partial charge in [-0.15, -0.1) is 0 Å². The van der Waals surface area contributed by atoms with E-state index in [1.165, 1.54) is 6.33 Å². The molecule has 0 atom stereocenters. The van der Waals surface area contributed by atoms with Crippen molar-refractivity contribution in [2.75, 3.05) is 11.9 Å². The van der Waals surface area contributed by atoms with E-state index >= 15 is 0 Å². The average molecular weight is 467 g/mol. The number of anilines is 1. The molecule has 0 aliphatic rings. The van der Waals surface area contributed by atoms with Crippen molar-refractivity contribution in [3.63, 3.8) is 0 Å². The van der Waals surface area contributed by atoms with Crippen LogP contribution in [0.1, 0.15) is 11.1 Å². The summed E-state index contributed by atoms with van der Waals surface area (Å²) in [5.74, 6) is -1.21. The van der Waals surface area contributed by atoms with Crippen LogP contribution in [0.3, 0.4) is 0 Å². The van der Waals surface area contributed by atoms with Crippen LogP contribution in [0.4, 0.5) is 5.69 Å². The Labute approximate surface area is 199 Å². The van der Waals surface area contributed by atoms with E-state index in [4.69, 9.17) is 9.15 Å². The summed E-state index contributed by atoms with van der Waals surface area (Å²) in [6.45, 7) is -0.871. The SMILES string of the molecule is O=C(COC(=O)Cn1cnc2c(oc3ccccc32)c1=O)Nc1ccccc1Cc1ccccc1. The Morgan fingerprint density at radius 2 is 1.69 bits per heavy atom. The first-order valence-corrected chi connectivity index (χ1v) is 11.0. The second kappa shape index (κ2) is 9.64. The quantitative estimate of drug-likeness (QED) is 0.364. The maximum absolute atomic E-state index is 12.7. The molecule has 3 aromatic carbocycles. The fourth-order valence-electron chi connectivity index (χ4n) is 3.86. The molecule has 5 aromatic rings. The number of aromatic nitrogens is 2. The highest BCUT2D eigenvalue weighted by atomic mass is 16.5. The van der Waals surface area contributed by atoms with Crippen molar-refractivity contribution in [2.24, 2.45) is 0 Å². The number of esters is 1. The molecule has 0 spiro atoms. The minimum absolute atomic E-state index is 0.0641. The standard InChI is InChI=1S/C27H21N3O5/c31-23(29-21-12-6-4-10-19(21)14-18-8-2-1-3-9-18)16-34-24(32)15-30-17-28-25-20-11-5-7-13-22(20)35-26(25)27(30)33/h1-13,17H,14-16H2,(H,29,31). The molecule has 0 fully saturated rings. The van der Waals surface area contributed by atoms with Gasteiger partial charge in [0.05, 0.1) is 6.33 Å². The molecule has 0 saturated carbocycles. The molecule has 1 amide bonds. The third-order valence-electron chi connectivity index (χ3n) is 5.54. The van der Waals surface area contributed by atoms with Gasteiger partial charge in [-0.3, -0.25) is 19.0 Å². The van der Waals surface area contributed by atoms with Gasteiger partial charge in [0.2, 0.25) is 5.58 Å². The number of hydrogen-bond acceptors (Lipinski definition) is 6. The van der Waals surface area contributed by atoms with E-state index in [2.05, 4.69) is 10.3 Å². The second-order valence-corrected chi connectivity index (χ2v) is 7.98. The fraction of sp³-hybridized carbons (Fsp3) is 0.111. The van der Waals surface area contributed by atoms with Gasteiger partial charge in [-0.25, -0.2) is 4.98 Å². The van der Waals surface area contributed by atoms with Crippen molar-refractivity contribution >= 4 is 39.6 Å². The number of carbonyl (C=O) groups is 2. The van der Waals surface area contributed by atoms with Crippen LogP contribution in [0.15, 0.2) is 94.4 Å². The predicted octanol–water partition coefficient (Wildman–Crippen LogP) is 3.92. The smallest absolute Gasteiger partial charge is 0.326 e. The van der Waals surface area contributed by atoms with Crippen LogP contribution in [0.25, 0.3) is 22.1 Å². The minimum Gasteiger partial charge on any atom is -0.454 e. The highest BCUT2D eigenvalue weighted by Gasteiger charge is 2.16. The molecular weight excluding hydrogens is 446 g/mol. The van der Waals surface area contributed by atoms with Crippen molar-refractivity contribution in [2.45, 2.75) is 13.0 Å². The Hall–Kier alpha value is -4.72. The molecule has 35 heavy (non-hydrogen) atoms. The van der Waals surface area contributed by atoms with Gasteiger partial charge in [-0.1, -0.05) is 60.7 Å². The molecule has 0 aliphatic heterocycles. The molecule has 0 unspecified atom stereocenters. The number of carbonyl (C=O) groups excluding carboxylic acids is 2. The number of furan rings is 1. The molecule has 0 bridgehead atoms. The molecule has 8 nitrogen and oxygen atoms in total. The van der Waals surface area contributed by atoms with Gasteiger partial charge in [-0.2, -0.15) is 0 Å². The number of amides is 1. The minimum atomic E-state index is -0.739. The highest BCUT2D eigenvalue weighted by Crippen LogP contribution is 2.24. The van der Waals surface area contributed by atoms with Crippen molar-refractivity contribution in [3.05, 3.63) is 107 Å². The van der Waals surface area contributed by atoms with Crippen molar-refractivity contribution in [3.8, 4) is 0 Å². The van der Waals surface area contributed by atoms with E-state index in [-0.39, 0.29) is 5.58 Å². The Morgan fingerprint density at radius 3 is 2.54 bits per heavy atom. The molecular formula is C27H21N3O5. The van der Waals surface area contributed by atoms with Gasteiger partial charge >= 0.3 is 5.97 Å². The van der Waals surface area contributed by atoms with Gasteiger partial charge in [0.15, 0.2) is 6.61 Å². The monoisotopic (exact) mass is 467 g/mol. The zero-order valence-electron chi connectivity index (χ0n) is 18.6. The largest absolute Gasteiger partial charge is 0.454 e. The first-order chi connectivity index (χ1) is 17.1. The van der Waals surface area contributed by atoms with Crippen LogP contribution in [-0.4, -0.2) is 28.0 Å². The Balaban J connectivity index is 1.22. The van der Waals surface area contributed by atoms with Crippen LogP contribution in [0.5, 0.6) is 0 Å². The second-order valence-electron chi connectivity index (χ2n) is 7.98. The zero-order chi connectivity index (χ0) is 24.2. The van der Waals surface area contributed by atoms with E-state index < -0.39 is 30.6 Å². The summed E-state index contributed by atoms with van der Waals surface area (Å²) in [6, 6.07) is 24.5. The van der Waals surface area contributed by atoms with E-state index in [0.29, 0.717) is 23.2 Å². The van der Waals surface area contributed by atoms with E-state index in [1.54, 1.807) is 18.2 Å². The van der Waals surface area contributed by atoms with Crippen LogP contribution >= 0.6 is 0 Å². The molecule has 174 valence electrons. The lowest BCUT2D eigenvalue weighted by atomic mass is 10.0. The number of hydrogen-bond donors (Lipinski definition) is 1. The summed E-state index contributed by atoms with van der Waals surface area (Å²) in [5, 5.41) is 3.51. The predicted molar refractivity (Wildman–Crippen MR) is 131 cm³/mol. The molecule has 2 aromatic heterocycles. The Bertz CT molecular complexity index is 1590. The Kier molecular flexibility index (Phi) is 6.09. The van der Waals surface area contributed by atoms with E-state index in [9.17, 15) is 14.4 Å². The van der Waals surface area contributed by atoms with Crippen LogP contribution in [0.2, 0.25) is 0 Å². The number of para-hydroxylation sites is 2. The summed E-state index contributed by atoms with van der Waals surface area (Å²) in [7, 11) is 0. The summed E-state index contributed by atoms with van der Waals surface area (Å²) in [4.78, 5) is 41.8. The Morgan fingerprint density at radius 1 is 0.943 bits per heavy atom. The number of ether oxygens (including phenoxy) is 1. The maximum Gasteiger partial charge on any atom is 0.326 e. The summed E-state index contributed by atoms with van der Waals surface area (Å²) in [5.41, 5.74) is 3.24. The topological polar surface area (TPSA) is 103 Å². The van der Waals surface area contributed by atoms with Gasteiger partial charge in [0.1, 0.15) is 17.6 Å². The van der Waals surface area contributed by atoms with Crippen molar-refractivity contribution in [1.29, 1.82) is 0 Å². The van der Waals surface area contributed by atoms with Crippen molar-refractivity contribution < 1.29 is 18.7 Å². The molecule has 1 N–H and O–H groups in total. The fourth-order valence-corrected chi connectivity index (χ4v) is 3.86. The first-order valence-electron chi connectivity index (χ1n) is 11.0. The molecule has 0 radical (unpaired) electrons. The molecule has 8 heteroatoms.